The average Bonchev–Trinajstić information content (AvgIpc) is 2.46. The SMILES string of the molecule is CS(=O)(=O)Nc1cccc(C(=O)NCc2cc(F)ccc2Br)c1. The molecule has 0 aromatic heterocycles. The van der Waals surface area contributed by atoms with Gasteiger partial charge in [0.05, 0.1) is 6.26 Å². The number of anilines is 1. The Balaban J connectivity index is 2.09. The van der Waals surface area contributed by atoms with Gasteiger partial charge < -0.3 is 5.32 Å². The van der Waals surface area contributed by atoms with Gasteiger partial charge in [0.15, 0.2) is 0 Å². The fraction of sp³-hybridized carbons (Fsp3) is 0.133. The predicted octanol–water partition coefficient (Wildman–Crippen LogP) is 2.89. The van der Waals surface area contributed by atoms with E-state index in [4.69, 9.17) is 0 Å². The molecule has 23 heavy (non-hydrogen) atoms. The maximum Gasteiger partial charge on any atom is 0.251 e. The summed E-state index contributed by atoms with van der Waals surface area (Å²) in [7, 11) is -3.41. The Morgan fingerprint density at radius 2 is 1.96 bits per heavy atom. The lowest BCUT2D eigenvalue weighted by molar-refractivity contribution is 0.0951. The zero-order valence-electron chi connectivity index (χ0n) is 12.1. The van der Waals surface area contributed by atoms with E-state index in [1.54, 1.807) is 24.3 Å². The molecule has 0 atom stereocenters. The van der Waals surface area contributed by atoms with E-state index in [0.717, 1.165) is 6.26 Å². The lowest BCUT2D eigenvalue weighted by Gasteiger charge is -2.09. The van der Waals surface area contributed by atoms with E-state index in [9.17, 15) is 17.6 Å². The Morgan fingerprint density at radius 3 is 2.65 bits per heavy atom. The zero-order valence-corrected chi connectivity index (χ0v) is 14.5. The first kappa shape index (κ1) is 17.4. The molecule has 1 amide bonds. The van der Waals surface area contributed by atoms with Crippen LogP contribution in [0, 0.1) is 5.82 Å². The van der Waals surface area contributed by atoms with Crippen LogP contribution in [0.15, 0.2) is 46.9 Å². The molecule has 0 bridgehead atoms. The third kappa shape index (κ3) is 5.33. The topological polar surface area (TPSA) is 75.3 Å². The zero-order chi connectivity index (χ0) is 17.0. The Kier molecular flexibility index (Phi) is 5.38. The van der Waals surface area contributed by atoms with E-state index in [1.165, 1.54) is 18.2 Å². The van der Waals surface area contributed by atoms with Crippen LogP contribution in [0.5, 0.6) is 0 Å². The van der Waals surface area contributed by atoms with Crippen molar-refractivity contribution in [3.8, 4) is 0 Å². The Hall–Kier alpha value is -1.93. The second-order valence-corrected chi connectivity index (χ2v) is 7.48. The summed E-state index contributed by atoms with van der Waals surface area (Å²) in [5.74, 6) is -0.782. The van der Waals surface area contributed by atoms with Gasteiger partial charge in [-0.05, 0) is 42.0 Å². The molecule has 2 aromatic rings. The van der Waals surface area contributed by atoms with Crippen LogP contribution in [-0.4, -0.2) is 20.6 Å². The smallest absolute Gasteiger partial charge is 0.251 e. The molecule has 0 aliphatic rings. The summed E-state index contributed by atoms with van der Waals surface area (Å²) in [6.45, 7) is 0.140. The van der Waals surface area contributed by atoms with Crippen molar-refractivity contribution in [2.75, 3.05) is 11.0 Å². The van der Waals surface area contributed by atoms with Crippen LogP contribution in [0.2, 0.25) is 0 Å². The second-order valence-electron chi connectivity index (χ2n) is 4.87. The first-order valence-corrected chi connectivity index (χ1v) is 9.23. The minimum Gasteiger partial charge on any atom is -0.348 e. The Morgan fingerprint density at radius 1 is 1.22 bits per heavy atom. The van der Waals surface area contributed by atoms with Gasteiger partial charge in [0, 0.05) is 22.3 Å². The normalized spacial score (nSPS) is 11.1. The fourth-order valence-corrected chi connectivity index (χ4v) is 2.84. The van der Waals surface area contributed by atoms with Crippen LogP contribution in [0.1, 0.15) is 15.9 Å². The number of amides is 1. The van der Waals surface area contributed by atoms with E-state index in [1.807, 2.05) is 0 Å². The van der Waals surface area contributed by atoms with Gasteiger partial charge >= 0.3 is 0 Å². The molecule has 0 fully saturated rings. The predicted molar refractivity (Wildman–Crippen MR) is 90.2 cm³/mol. The van der Waals surface area contributed by atoms with Crippen LogP contribution in [0.25, 0.3) is 0 Å². The van der Waals surface area contributed by atoms with Crippen molar-refractivity contribution in [2.45, 2.75) is 6.54 Å². The monoisotopic (exact) mass is 400 g/mol. The number of sulfonamides is 1. The van der Waals surface area contributed by atoms with Crippen molar-refractivity contribution in [3.05, 3.63) is 63.9 Å². The summed E-state index contributed by atoms with van der Waals surface area (Å²) in [6, 6.07) is 10.3. The van der Waals surface area contributed by atoms with Crippen molar-refractivity contribution in [1.29, 1.82) is 0 Å². The molecule has 122 valence electrons. The van der Waals surface area contributed by atoms with Gasteiger partial charge in [-0.2, -0.15) is 0 Å². The molecule has 0 spiro atoms. The average molecular weight is 401 g/mol. The molecule has 0 aliphatic heterocycles. The molecule has 2 rings (SSSR count). The van der Waals surface area contributed by atoms with Gasteiger partial charge in [-0.3, -0.25) is 9.52 Å². The van der Waals surface area contributed by atoms with Gasteiger partial charge in [-0.15, -0.1) is 0 Å². The Labute approximate surface area is 142 Å². The maximum atomic E-state index is 13.2. The summed E-state index contributed by atoms with van der Waals surface area (Å²) < 4.78 is 38.6. The molecule has 2 aromatic carbocycles. The molecular weight excluding hydrogens is 387 g/mol. The summed E-state index contributed by atoms with van der Waals surface area (Å²) in [4.78, 5) is 12.1. The molecular formula is C15H14BrFN2O3S. The van der Waals surface area contributed by atoms with Crippen molar-refractivity contribution in [3.63, 3.8) is 0 Å². The summed E-state index contributed by atoms with van der Waals surface area (Å²) >= 11 is 3.29. The molecule has 0 saturated carbocycles. The minimum atomic E-state index is -3.41. The summed E-state index contributed by atoms with van der Waals surface area (Å²) in [5, 5.41) is 2.66. The number of rotatable bonds is 5. The highest BCUT2D eigenvalue weighted by Crippen LogP contribution is 2.18. The van der Waals surface area contributed by atoms with E-state index < -0.39 is 21.7 Å². The highest BCUT2D eigenvalue weighted by molar-refractivity contribution is 9.10. The summed E-state index contributed by atoms with van der Waals surface area (Å²) in [5.41, 5.74) is 1.20. The van der Waals surface area contributed by atoms with Crippen LogP contribution in [-0.2, 0) is 16.6 Å². The highest BCUT2D eigenvalue weighted by atomic mass is 79.9. The quantitative estimate of drug-likeness (QED) is 0.809. The van der Waals surface area contributed by atoms with Gasteiger partial charge in [-0.1, -0.05) is 22.0 Å². The molecule has 2 N–H and O–H groups in total. The summed E-state index contributed by atoms with van der Waals surface area (Å²) in [6.07, 6.45) is 1.03. The lowest BCUT2D eigenvalue weighted by atomic mass is 10.1. The van der Waals surface area contributed by atoms with Crippen LogP contribution in [0.3, 0.4) is 0 Å². The Bertz CT molecular complexity index is 840. The number of benzene rings is 2. The second kappa shape index (κ2) is 7.10. The molecule has 0 heterocycles. The van der Waals surface area contributed by atoms with Crippen molar-refractivity contribution in [1.82, 2.24) is 5.32 Å². The van der Waals surface area contributed by atoms with E-state index in [-0.39, 0.29) is 6.54 Å². The molecule has 5 nitrogen and oxygen atoms in total. The van der Waals surface area contributed by atoms with E-state index in [0.29, 0.717) is 21.3 Å². The number of carbonyl (C=O) groups is 1. The number of carbonyl (C=O) groups excluding carboxylic acids is 1. The number of halogens is 2. The fourth-order valence-electron chi connectivity index (χ4n) is 1.89. The maximum absolute atomic E-state index is 13.2. The van der Waals surface area contributed by atoms with Crippen molar-refractivity contribution < 1.29 is 17.6 Å². The van der Waals surface area contributed by atoms with E-state index in [2.05, 4.69) is 26.0 Å². The third-order valence-corrected chi connectivity index (χ3v) is 4.26. The van der Waals surface area contributed by atoms with Crippen LogP contribution in [0.4, 0.5) is 10.1 Å². The van der Waals surface area contributed by atoms with Crippen LogP contribution >= 0.6 is 15.9 Å². The molecule has 8 heteroatoms. The number of nitrogens with one attached hydrogen (secondary N) is 2. The minimum absolute atomic E-state index is 0.140. The standard InChI is InChI=1S/C15H14BrFN2O3S/c1-23(21,22)19-13-4-2-3-10(8-13)15(20)18-9-11-7-12(17)5-6-14(11)16/h2-8,19H,9H2,1H3,(H,18,20). The van der Waals surface area contributed by atoms with E-state index >= 15 is 0 Å². The molecule has 0 saturated heterocycles. The van der Waals surface area contributed by atoms with Gasteiger partial charge in [-0.25, -0.2) is 12.8 Å². The molecule has 0 radical (unpaired) electrons. The van der Waals surface area contributed by atoms with Crippen LogP contribution < -0.4 is 10.0 Å². The first-order valence-electron chi connectivity index (χ1n) is 6.54. The van der Waals surface area contributed by atoms with Gasteiger partial charge in [0.1, 0.15) is 5.82 Å². The van der Waals surface area contributed by atoms with Crippen molar-refractivity contribution in [2.24, 2.45) is 0 Å². The number of hydrogen-bond acceptors (Lipinski definition) is 3. The molecule has 0 aliphatic carbocycles. The third-order valence-electron chi connectivity index (χ3n) is 2.88. The molecule has 0 unspecified atom stereocenters. The highest BCUT2D eigenvalue weighted by Gasteiger charge is 2.09. The lowest BCUT2D eigenvalue weighted by Crippen LogP contribution is -2.23. The number of hydrogen-bond donors (Lipinski definition) is 2. The van der Waals surface area contributed by atoms with Gasteiger partial charge in [0.2, 0.25) is 10.0 Å². The van der Waals surface area contributed by atoms with Gasteiger partial charge in [0.25, 0.3) is 5.91 Å². The van der Waals surface area contributed by atoms with Crippen molar-refractivity contribution >= 4 is 37.5 Å². The largest absolute Gasteiger partial charge is 0.348 e. The first-order chi connectivity index (χ1) is 10.7.